The molecule has 110 valence electrons. The van der Waals surface area contributed by atoms with E-state index in [4.69, 9.17) is 10.5 Å². The Morgan fingerprint density at radius 1 is 1.50 bits per heavy atom. The molecule has 0 unspecified atom stereocenters. The van der Waals surface area contributed by atoms with Crippen molar-refractivity contribution in [3.63, 3.8) is 0 Å². The Bertz CT molecular complexity index is 495. The van der Waals surface area contributed by atoms with E-state index in [1.165, 1.54) is 0 Å². The highest BCUT2D eigenvalue weighted by Gasteiger charge is 2.44. The van der Waals surface area contributed by atoms with Gasteiger partial charge < -0.3 is 15.4 Å². The normalized spacial score (nSPS) is 16.4. The number of benzene rings is 1. The number of carbonyl (C=O) groups is 1. The third kappa shape index (κ3) is 2.83. The van der Waals surface area contributed by atoms with E-state index >= 15 is 0 Å². The molecule has 0 radical (unpaired) electrons. The zero-order valence-electron chi connectivity index (χ0n) is 12.0. The Morgan fingerprint density at radius 2 is 2.20 bits per heavy atom. The molecular weight excluding hydrogens is 320 g/mol. The minimum Gasteiger partial charge on any atom is -0.496 e. The van der Waals surface area contributed by atoms with Gasteiger partial charge in [0.2, 0.25) is 5.91 Å². The number of methoxy groups -OCH3 is 1. The van der Waals surface area contributed by atoms with Crippen molar-refractivity contribution in [1.29, 1.82) is 0 Å². The minimum atomic E-state index is -0.325. The van der Waals surface area contributed by atoms with Crippen LogP contribution in [-0.4, -0.2) is 31.5 Å². The molecule has 20 heavy (non-hydrogen) atoms. The Morgan fingerprint density at radius 3 is 2.70 bits per heavy atom. The molecule has 1 aliphatic rings. The number of nitrogens with two attached hydrogens (primary N) is 1. The number of hydrogen-bond acceptors (Lipinski definition) is 3. The molecular formula is C15H21BrN2O2. The maximum Gasteiger partial charge on any atom is 0.230 e. The molecule has 0 heterocycles. The number of halogens is 1. The number of nitrogens with zero attached hydrogens (tertiary/aromatic N) is 1. The lowest BCUT2D eigenvalue weighted by Gasteiger charge is -2.41. The molecule has 1 saturated carbocycles. The van der Waals surface area contributed by atoms with E-state index in [-0.39, 0.29) is 11.3 Å². The monoisotopic (exact) mass is 340 g/mol. The van der Waals surface area contributed by atoms with Gasteiger partial charge in [0.1, 0.15) is 5.75 Å². The Balaban J connectivity index is 2.13. The van der Waals surface area contributed by atoms with Crippen LogP contribution >= 0.6 is 15.9 Å². The van der Waals surface area contributed by atoms with Crippen LogP contribution in [0.2, 0.25) is 0 Å². The van der Waals surface area contributed by atoms with Crippen molar-refractivity contribution in [3.8, 4) is 5.75 Å². The van der Waals surface area contributed by atoms with E-state index in [1.807, 2.05) is 25.2 Å². The summed E-state index contributed by atoms with van der Waals surface area (Å²) in [5.74, 6) is 0.941. The summed E-state index contributed by atoms with van der Waals surface area (Å²) in [7, 11) is 3.47. The van der Waals surface area contributed by atoms with Gasteiger partial charge in [-0.15, -0.1) is 0 Å². The predicted octanol–water partition coefficient (Wildman–Crippen LogP) is 2.55. The summed E-state index contributed by atoms with van der Waals surface area (Å²) in [6.07, 6.45) is 2.90. The zero-order valence-corrected chi connectivity index (χ0v) is 13.6. The van der Waals surface area contributed by atoms with Crippen LogP contribution in [0.3, 0.4) is 0 Å². The average Bonchev–Trinajstić information content (AvgIpc) is 2.38. The highest BCUT2D eigenvalue weighted by Crippen LogP contribution is 2.41. The first kappa shape index (κ1) is 15.3. The van der Waals surface area contributed by atoms with Crippen LogP contribution in [-0.2, 0) is 11.3 Å². The molecule has 0 atom stereocenters. The summed E-state index contributed by atoms with van der Waals surface area (Å²) >= 11 is 3.45. The van der Waals surface area contributed by atoms with Gasteiger partial charge >= 0.3 is 0 Å². The summed E-state index contributed by atoms with van der Waals surface area (Å²) in [5, 5.41) is 0. The first-order valence-electron chi connectivity index (χ1n) is 6.80. The second kappa shape index (κ2) is 6.14. The first-order chi connectivity index (χ1) is 9.52. The van der Waals surface area contributed by atoms with Gasteiger partial charge in [-0.1, -0.05) is 22.4 Å². The van der Waals surface area contributed by atoms with Gasteiger partial charge in [-0.2, -0.15) is 0 Å². The van der Waals surface area contributed by atoms with Crippen LogP contribution in [0.4, 0.5) is 0 Å². The molecule has 0 aliphatic heterocycles. The van der Waals surface area contributed by atoms with Crippen LogP contribution in [0.1, 0.15) is 24.8 Å². The van der Waals surface area contributed by atoms with Crippen LogP contribution in [0, 0.1) is 5.41 Å². The van der Waals surface area contributed by atoms with Gasteiger partial charge in [0.25, 0.3) is 0 Å². The molecule has 1 fully saturated rings. The van der Waals surface area contributed by atoms with Crippen molar-refractivity contribution in [3.05, 3.63) is 28.2 Å². The van der Waals surface area contributed by atoms with Gasteiger partial charge in [0.15, 0.2) is 0 Å². The number of rotatable bonds is 5. The van der Waals surface area contributed by atoms with Gasteiger partial charge in [-0.25, -0.2) is 0 Å². The maximum absolute atomic E-state index is 12.6. The largest absolute Gasteiger partial charge is 0.496 e. The fraction of sp³-hybridized carbons (Fsp3) is 0.533. The van der Waals surface area contributed by atoms with Gasteiger partial charge in [-0.05, 0) is 31.0 Å². The molecule has 1 aromatic carbocycles. The number of hydrogen-bond donors (Lipinski definition) is 1. The smallest absolute Gasteiger partial charge is 0.230 e. The molecule has 2 rings (SSSR count). The lowest BCUT2D eigenvalue weighted by atomic mass is 9.68. The van der Waals surface area contributed by atoms with E-state index in [0.29, 0.717) is 13.1 Å². The number of amides is 1. The molecule has 1 aliphatic carbocycles. The fourth-order valence-electron chi connectivity index (χ4n) is 2.71. The maximum atomic E-state index is 12.6. The minimum absolute atomic E-state index is 0.147. The predicted molar refractivity (Wildman–Crippen MR) is 82.5 cm³/mol. The molecule has 0 spiro atoms. The van der Waals surface area contributed by atoms with Crippen molar-refractivity contribution in [2.75, 3.05) is 20.7 Å². The molecule has 0 bridgehead atoms. The van der Waals surface area contributed by atoms with Crippen LogP contribution in [0.25, 0.3) is 0 Å². The van der Waals surface area contributed by atoms with Gasteiger partial charge in [0, 0.05) is 30.2 Å². The second-order valence-corrected chi connectivity index (χ2v) is 6.37. The van der Waals surface area contributed by atoms with Crippen molar-refractivity contribution in [2.45, 2.75) is 25.8 Å². The van der Waals surface area contributed by atoms with Crippen LogP contribution < -0.4 is 10.5 Å². The molecule has 2 N–H and O–H groups in total. The Kier molecular flexibility index (Phi) is 4.70. The molecule has 4 nitrogen and oxygen atoms in total. The zero-order chi connectivity index (χ0) is 14.8. The summed E-state index contributed by atoms with van der Waals surface area (Å²) in [4.78, 5) is 14.3. The van der Waals surface area contributed by atoms with Gasteiger partial charge in [0.05, 0.1) is 12.5 Å². The fourth-order valence-corrected chi connectivity index (χ4v) is 3.12. The van der Waals surface area contributed by atoms with Crippen molar-refractivity contribution >= 4 is 21.8 Å². The van der Waals surface area contributed by atoms with E-state index in [0.717, 1.165) is 35.0 Å². The number of ether oxygens (including phenoxy) is 1. The summed E-state index contributed by atoms with van der Waals surface area (Å²) in [5.41, 5.74) is 6.47. The van der Waals surface area contributed by atoms with Crippen LogP contribution in [0.5, 0.6) is 5.75 Å². The highest BCUT2D eigenvalue weighted by atomic mass is 79.9. The van der Waals surface area contributed by atoms with E-state index in [9.17, 15) is 4.79 Å². The molecule has 5 heteroatoms. The van der Waals surface area contributed by atoms with Gasteiger partial charge in [-0.3, -0.25) is 4.79 Å². The third-order valence-electron chi connectivity index (χ3n) is 4.15. The van der Waals surface area contributed by atoms with E-state index in [1.54, 1.807) is 12.0 Å². The molecule has 1 amide bonds. The molecule has 0 saturated heterocycles. The Labute approximate surface area is 128 Å². The van der Waals surface area contributed by atoms with Crippen LogP contribution in [0.15, 0.2) is 22.7 Å². The lowest BCUT2D eigenvalue weighted by Crippen LogP contribution is -2.50. The standard InChI is InChI=1S/C15H21BrN2O2/c1-18(14(19)15(10-17)6-3-7-15)9-11-8-12(16)4-5-13(11)20-2/h4-5,8H,3,6-7,9-10,17H2,1-2H3. The van der Waals surface area contributed by atoms with Crippen molar-refractivity contribution in [2.24, 2.45) is 11.1 Å². The second-order valence-electron chi connectivity index (χ2n) is 5.46. The summed E-state index contributed by atoms with van der Waals surface area (Å²) in [6, 6.07) is 5.82. The third-order valence-corrected chi connectivity index (χ3v) is 4.64. The van der Waals surface area contributed by atoms with E-state index in [2.05, 4.69) is 15.9 Å². The average molecular weight is 341 g/mol. The quantitative estimate of drug-likeness (QED) is 0.896. The molecule has 1 aromatic rings. The SMILES string of the molecule is COc1ccc(Br)cc1CN(C)C(=O)C1(CN)CCC1. The topological polar surface area (TPSA) is 55.6 Å². The lowest BCUT2D eigenvalue weighted by molar-refractivity contribution is -0.145. The van der Waals surface area contributed by atoms with Crippen molar-refractivity contribution in [1.82, 2.24) is 4.90 Å². The Hall–Kier alpha value is -1.07. The highest BCUT2D eigenvalue weighted by molar-refractivity contribution is 9.10. The van der Waals surface area contributed by atoms with E-state index < -0.39 is 0 Å². The molecule has 0 aromatic heterocycles. The summed E-state index contributed by atoms with van der Waals surface area (Å²) in [6.45, 7) is 0.967. The summed E-state index contributed by atoms with van der Waals surface area (Å²) < 4.78 is 6.33. The first-order valence-corrected chi connectivity index (χ1v) is 7.60. The van der Waals surface area contributed by atoms with Crippen molar-refractivity contribution < 1.29 is 9.53 Å². The number of carbonyl (C=O) groups excluding carboxylic acids is 1.